The first kappa shape index (κ1) is 14.9. The summed E-state index contributed by atoms with van der Waals surface area (Å²) in [6.45, 7) is 2.45. The summed E-state index contributed by atoms with van der Waals surface area (Å²) in [5.41, 5.74) is 1.05. The number of benzene rings is 1. The molecule has 20 heavy (non-hydrogen) atoms. The molecule has 1 spiro atoms. The SMILES string of the molecule is Clc1cc(I)ccc1NC1CCOC2(CCOCC2)C1. The molecule has 0 aliphatic carbocycles. The number of halogens is 2. The number of hydrogen-bond acceptors (Lipinski definition) is 3. The zero-order valence-corrected chi connectivity index (χ0v) is 14.2. The molecule has 3 rings (SSSR count). The van der Waals surface area contributed by atoms with Crippen LogP contribution in [0, 0.1) is 3.57 Å². The van der Waals surface area contributed by atoms with Gasteiger partial charge in [0.15, 0.2) is 0 Å². The molecule has 1 aromatic rings. The van der Waals surface area contributed by atoms with Gasteiger partial charge in [-0.1, -0.05) is 11.6 Å². The van der Waals surface area contributed by atoms with E-state index in [-0.39, 0.29) is 5.60 Å². The highest BCUT2D eigenvalue weighted by Crippen LogP contribution is 2.36. The van der Waals surface area contributed by atoms with Crippen LogP contribution in [0.25, 0.3) is 0 Å². The fourth-order valence-corrected chi connectivity index (χ4v) is 3.98. The predicted octanol–water partition coefficient (Wildman–Crippen LogP) is 4.08. The average Bonchev–Trinajstić information content (AvgIpc) is 2.43. The van der Waals surface area contributed by atoms with E-state index in [0.29, 0.717) is 6.04 Å². The van der Waals surface area contributed by atoms with E-state index >= 15 is 0 Å². The lowest BCUT2D eigenvalue weighted by Crippen LogP contribution is -2.47. The Hall–Kier alpha value is -0.0400. The van der Waals surface area contributed by atoms with Crippen LogP contribution in [0.5, 0.6) is 0 Å². The molecule has 1 unspecified atom stereocenters. The maximum Gasteiger partial charge on any atom is 0.0745 e. The van der Waals surface area contributed by atoms with Crippen molar-refractivity contribution < 1.29 is 9.47 Å². The summed E-state index contributed by atoms with van der Waals surface area (Å²) in [6.07, 6.45) is 4.08. The van der Waals surface area contributed by atoms with Gasteiger partial charge in [-0.05, 0) is 66.5 Å². The Morgan fingerprint density at radius 1 is 1.25 bits per heavy atom. The summed E-state index contributed by atoms with van der Waals surface area (Å²) in [4.78, 5) is 0. The molecule has 0 radical (unpaired) electrons. The van der Waals surface area contributed by atoms with Gasteiger partial charge in [-0.15, -0.1) is 0 Å². The highest BCUT2D eigenvalue weighted by atomic mass is 127. The Kier molecular flexibility index (Phi) is 4.75. The number of anilines is 1. The van der Waals surface area contributed by atoms with Gasteiger partial charge >= 0.3 is 0 Å². The smallest absolute Gasteiger partial charge is 0.0745 e. The molecule has 0 bridgehead atoms. The molecular weight excluding hydrogens is 389 g/mol. The first-order chi connectivity index (χ1) is 9.67. The van der Waals surface area contributed by atoms with E-state index in [2.05, 4.69) is 40.0 Å². The maximum absolute atomic E-state index is 6.31. The minimum Gasteiger partial charge on any atom is -0.381 e. The van der Waals surface area contributed by atoms with Crippen molar-refractivity contribution in [2.75, 3.05) is 25.1 Å². The van der Waals surface area contributed by atoms with Gasteiger partial charge in [0.05, 0.1) is 16.3 Å². The van der Waals surface area contributed by atoms with E-state index < -0.39 is 0 Å². The van der Waals surface area contributed by atoms with Crippen LogP contribution in [0.3, 0.4) is 0 Å². The zero-order chi connectivity index (χ0) is 14.0. The second kappa shape index (κ2) is 6.38. The Bertz CT molecular complexity index is 471. The third-order valence-corrected chi connectivity index (χ3v) is 5.17. The molecule has 2 heterocycles. The van der Waals surface area contributed by atoms with Crippen LogP contribution in [0.15, 0.2) is 18.2 Å². The Morgan fingerprint density at radius 3 is 2.80 bits per heavy atom. The monoisotopic (exact) mass is 407 g/mol. The molecule has 3 nitrogen and oxygen atoms in total. The molecule has 1 aromatic carbocycles. The van der Waals surface area contributed by atoms with Gasteiger partial charge < -0.3 is 14.8 Å². The fraction of sp³-hybridized carbons (Fsp3) is 0.600. The van der Waals surface area contributed by atoms with Crippen LogP contribution < -0.4 is 5.32 Å². The van der Waals surface area contributed by atoms with Crippen molar-refractivity contribution in [2.45, 2.75) is 37.3 Å². The normalized spacial score (nSPS) is 25.6. The summed E-state index contributed by atoms with van der Waals surface area (Å²) < 4.78 is 12.7. The second-order valence-electron chi connectivity index (χ2n) is 5.60. The van der Waals surface area contributed by atoms with Crippen molar-refractivity contribution in [2.24, 2.45) is 0 Å². The van der Waals surface area contributed by atoms with Crippen molar-refractivity contribution in [1.82, 2.24) is 0 Å². The topological polar surface area (TPSA) is 30.5 Å². The first-order valence-corrected chi connectivity index (χ1v) is 8.56. The van der Waals surface area contributed by atoms with Crippen molar-refractivity contribution in [1.29, 1.82) is 0 Å². The summed E-state index contributed by atoms with van der Waals surface area (Å²) in [7, 11) is 0. The number of hydrogen-bond donors (Lipinski definition) is 1. The largest absolute Gasteiger partial charge is 0.381 e. The molecule has 2 saturated heterocycles. The van der Waals surface area contributed by atoms with Crippen molar-refractivity contribution in [3.05, 3.63) is 26.8 Å². The van der Waals surface area contributed by atoms with Crippen LogP contribution in [-0.4, -0.2) is 31.5 Å². The zero-order valence-electron chi connectivity index (χ0n) is 11.3. The van der Waals surface area contributed by atoms with Crippen LogP contribution >= 0.6 is 34.2 Å². The fourth-order valence-electron chi connectivity index (χ4n) is 3.07. The average molecular weight is 408 g/mol. The van der Waals surface area contributed by atoms with Crippen LogP contribution in [0.2, 0.25) is 5.02 Å². The van der Waals surface area contributed by atoms with Gasteiger partial charge in [-0.2, -0.15) is 0 Å². The molecule has 0 amide bonds. The van der Waals surface area contributed by atoms with E-state index in [9.17, 15) is 0 Å². The molecule has 2 aliphatic heterocycles. The molecular formula is C15H19ClINO2. The third-order valence-electron chi connectivity index (χ3n) is 4.19. The molecule has 1 N–H and O–H groups in total. The molecule has 0 aromatic heterocycles. The van der Waals surface area contributed by atoms with E-state index in [4.69, 9.17) is 21.1 Å². The van der Waals surface area contributed by atoms with E-state index in [1.54, 1.807) is 0 Å². The van der Waals surface area contributed by atoms with Gasteiger partial charge in [0.25, 0.3) is 0 Å². The van der Waals surface area contributed by atoms with E-state index in [1.165, 1.54) is 0 Å². The molecule has 5 heteroatoms. The minimum atomic E-state index is 0.0177. The highest BCUT2D eigenvalue weighted by molar-refractivity contribution is 14.1. The van der Waals surface area contributed by atoms with Gasteiger partial charge in [0, 0.05) is 29.4 Å². The molecule has 1 atom stereocenters. The molecule has 2 fully saturated rings. The Morgan fingerprint density at radius 2 is 2.05 bits per heavy atom. The number of ether oxygens (including phenoxy) is 2. The van der Waals surface area contributed by atoms with Gasteiger partial charge in [0.2, 0.25) is 0 Å². The summed E-state index contributed by atoms with van der Waals surface area (Å²) >= 11 is 8.58. The second-order valence-corrected chi connectivity index (χ2v) is 7.25. The lowest BCUT2D eigenvalue weighted by Gasteiger charge is -2.43. The first-order valence-electron chi connectivity index (χ1n) is 7.10. The predicted molar refractivity (Wildman–Crippen MR) is 89.5 cm³/mol. The molecule has 110 valence electrons. The number of rotatable bonds is 2. The highest BCUT2D eigenvalue weighted by Gasteiger charge is 2.39. The summed E-state index contributed by atoms with van der Waals surface area (Å²) in [5.74, 6) is 0. The quantitative estimate of drug-likeness (QED) is 0.749. The lowest BCUT2D eigenvalue weighted by molar-refractivity contribution is -0.135. The summed E-state index contributed by atoms with van der Waals surface area (Å²) in [6, 6.07) is 6.57. The lowest BCUT2D eigenvalue weighted by atomic mass is 9.84. The summed E-state index contributed by atoms with van der Waals surface area (Å²) in [5, 5.41) is 4.39. The van der Waals surface area contributed by atoms with E-state index in [0.717, 1.165) is 59.8 Å². The molecule has 0 saturated carbocycles. The standard InChI is InChI=1S/C15H19ClINO2/c16-13-9-11(17)1-2-14(13)18-12-3-6-20-15(10-12)4-7-19-8-5-15/h1-2,9,12,18H,3-8,10H2. The Labute approximate surface area is 138 Å². The van der Waals surface area contributed by atoms with E-state index in [1.807, 2.05) is 6.07 Å². The molecule has 2 aliphatic rings. The van der Waals surface area contributed by atoms with Crippen molar-refractivity contribution in [3.63, 3.8) is 0 Å². The number of nitrogens with one attached hydrogen (secondary N) is 1. The Balaban J connectivity index is 1.68. The van der Waals surface area contributed by atoms with Gasteiger partial charge in [-0.3, -0.25) is 0 Å². The van der Waals surface area contributed by atoms with Gasteiger partial charge in [0.1, 0.15) is 0 Å². The third kappa shape index (κ3) is 3.40. The minimum absolute atomic E-state index is 0.0177. The van der Waals surface area contributed by atoms with Crippen LogP contribution in [0.1, 0.15) is 25.7 Å². The van der Waals surface area contributed by atoms with Crippen LogP contribution in [-0.2, 0) is 9.47 Å². The van der Waals surface area contributed by atoms with Gasteiger partial charge in [-0.25, -0.2) is 0 Å². The van der Waals surface area contributed by atoms with Crippen molar-refractivity contribution in [3.8, 4) is 0 Å². The maximum atomic E-state index is 6.31. The van der Waals surface area contributed by atoms with Crippen LogP contribution in [0.4, 0.5) is 5.69 Å². The van der Waals surface area contributed by atoms with Crippen molar-refractivity contribution >= 4 is 39.9 Å².